The monoisotopic (exact) mass is 435 g/mol. The molecule has 0 radical (unpaired) electrons. The highest BCUT2D eigenvalue weighted by molar-refractivity contribution is 6.90. The molecule has 0 spiro atoms. The van der Waals surface area contributed by atoms with Crippen molar-refractivity contribution in [3.63, 3.8) is 0 Å². The zero-order valence-electron chi connectivity index (χ0n) is 20.0. The summed E-state index contributed by atoms with van der Waals surface area (Å²) < 4.78 is 6.72. The van der Waals surface area contributed by atoms with Crippen LogP contribution in [0.2, 0.25) is 19.6 Å². The maximum atomic E-state index is 6.72. The predicted octanol–water partition coefficient (Wildman–Crippen LogP) is 7.60. The predicted molar refractivity (Wildman–Crippen MR) is 139 cm³/mol. The van der Waals surface area contributed by atoms with Gasteiger partial charge in [0, 0.05) is 27.1 Å². The summed E-state index contributed by atoms with van der Waals surface area (Å²) in [6, 6.07) is 18.1. The zero-order chi connectivity index (χ0) is 22.6. The number of benzene rings is 3. The average Bonchev–Trinajstić information content (AvgIpc) is 3.09. The van der Waals surface area contributed by atoms with Crippen LogP contribution in [0.3, 0.4) is 0 Å². The molecule has 6 rings (SSSR count). The second-order valence-corrected chi connectivity index (χ2v) is 16.1. The Morgan fingerprint density at radius 1 is 0.812 bits per heavy atom. The molecule has 0 amide bonds. The van der Waals surface area contributed by atoms with Gasteiger partial charge in [-0.15, -0.1) is 0 Å². The molecule has 2 heterocycles. The van der Waals surface area contributed by atoms with Crippen molar-refractivity contribution in [2.75, 3.05) is 0 Å². The Labute approximate surface area is 190 Å². The molecule has 1 aliphatic rings. The van der Waals surface area contributed by atoms with E-state index in [0.717, 1.165) is 22.4 Å². The molecule has 160 valence electrons. The molecular formula is C29H29NOSi. The highest BCUT2D eigenvalue weighted by Gasteiger charge is 2.37. The van der Waals surface area contributed by atoms with Crippen LogP contribution in [0.1, 0.15) is 36.1 Å². The highest BCUT2D eigenvalue weighted by atomic mass is 28.3. The van der Waals surface area contributed by atoms with Gasteiger partial charge in [-0.25, -0.2) is 4.98 Å². The quantitative estimate of drug-likeness (QED) is 0.253. The van der Waals surface area contributed by atoms with Gasteiger partial charge in [0.2, 0.25) is 0 Å². The van der Waals surface area contributed by atoms with E-state index < -0.39 is 8.07 Å². The lowest BCUT2D eigenvalue weighted by atomic mass is 9.76. The number of hydrogen-bond acceptors (Lipinski definition) is 2. The fraction of sp³-hybridized carbons (Fsp3) is 0.276. The first kappa shape index (κ1) is 19.7. The number of furan rings is 1. The molecule has 1 aliphatic carbocycles. The molecule has 0 fully saturated rings. The molecule has 0 unspecified atom stereocenters. The Balaban J connectivity index is 1.87. The van der Waals surface area contributed by atoms with Gasteiger partial charge in [0.1, 0.15) is 11.2 Å². The lowest BCUT2D eigenvalue weighted by molar-refractivity contribution is 0.642. The van der Waals surface area contributed by atoms with E-state index in [0.29, 0.717) is 0 Å². The van der Waals surface area contributed by atoms with Gasteiger partial charge in [0.15, 0.2) is 0 Å². The Bertz CT molecular complexity index is 1600. The molecule has 0 aliphatic heterocycles. The zero-order valence-corrected chi connectivity index (χ0v) is 21.0. The Kier molecular flexibility index (Phi) is 3.77. The van der Waals surface area contributed by atoms with Crippen molar-refractivity contribution < 1.29 is 4.42 Å². The number of rotatable bonds is 1. The number of fused-ring (bicyclic) bond motifs is 3. The van der Waals surface area contributed by atoms with E-state index in [4.69, 9.17) is 9.40 Å². The van der Waals surface area contributed by atoms with Crippen LogP contribution < -0.4 is 5.19 Å². The SMILES string of the molecule is Cc1ccc2nc3c(cc2c1)C(C)(C)c1ccc([Si](C)(C)C)c2oc4c(C)ccc-3c4c12. The van der Waals surface area contributed by atoms with Gasteiger partial charge in [-0.2, -0.15) is 0 Å². The number of nitrogens with zero attached hydrogens (tertiary/aromatic N) is 1. The maximum Gasteiger partial charge on any atom is 0.139 e. The summed E-state index contributed by atoms with van der Waals surface area (Å²) in [5.74, 6) is 0. The van der Waals surface area contributed by atoms with Gasteiger partial charge in [0.05, 0.1) is 19.3 Å². The van der Waals surface area contributed by atoms with Crippen LogP contribution in [-0.2, 0) is 5.41 Å². The highest BCUT2D eigenvalue weighted by Crippen LogP contribution is 2.50. The maximum absolute atomic E-state index is 6.72. The molecule has 0 N–H and O–H groups in total. The molecule has 2 aromatic heterocycles. The Morgan fingerprint density at radius 3 is 2.34 bits per heavy atom. The third-order valence-corrected chi connectivity index (χ3v) is 9.36. The van der Waals surface area contributed by atoms with Crippen LogP contribution >= 0.6 is 0 Å². The molecule has 0 bridgehead atoms. The largest absolute Gasteiger partial charge is 0.456 e. The number of aromatic nitrogens is 1. The van der Waals surface area contributed by atoms with Crippen molar-refractivity contribution >= 4 is 46.1 Å². The van der Waals surface area contributed by atoms with Gasteiger partial charge >= 0.3 is 0 Å². The minimum absolute atomic E-state index is 0.194. The van der Waals surface area contributed by atoms with Crippen molar-refractivity contribution in [1.29, 1.82) is 0 Å². The fourth-order valence-corrected chi connectivity index (χ4v) is 6.98. The first-order valence-electron chi connectivity index (χ1n) is 11.5. The number of pyridine rings is 1. The summed E-state index contributed by atoms with van der Waals surface area (Å²) in [5.41, 5.74) is 10.3. The van der Waals surface area contributed by atoms with Gasteiger partial charge in [0.25, 0.3) is 0 Å². The van der Waals surface area contributed by atoms with Crippen LogP contribution in [0.15, 0.2) is 52.9 Å². The van der Waals surface area contributed by atoms with E-state index in [9.17, 15) is 0 Å². The number of hydrogen-bond donors (Lipinski definition) is 0. The Morgan fingerprint density at radius 2 is 1.59 bits per heavy atom. The molecule has 32 heavy (non-hydrogen) atoms. The summed E-state index contributed by atoms with van der Waals surface area (Å²) in [7, 11) is -1.59. The Hall–Kier alpha value is -2.91. The van der Waals surface area contributed by atoms with E-state index in [2.05, 4.69) is 95.9 Å². The fourth-order valence-electron chi connectivity index (χ4n) is 5.54. The van der Waals surface area contributed by atoms with Crippen LogP contribution in [-0.4, -0.2) is 13.1 Å². The lowest BCUT2D eigenvalue weighted by Gasteiger charge is -2.29. The van der Waals surface area contributed by atoms with Crippen LogP contribution in [0, 0.1) is 13.8 Å². The molecule has 0 atom stereocenters. The first-order valence-corrected chi connectivity index (χ1v) is 15.0. The van der Waals surface area contributed by atoms with Crippen molar-refractivity contribution in [3.8, 4) is 11.3 Å². The van der Waals surface area contributed by atoms with E-state index in [1.54, 1.807) is 0 Å². The van der Waals surface area contributed by atoms with E-state index in [1.165, 1.54) is 49.2 Å². The van der Waals surface area contributed by atoms with E-state index in [1.807, 2.05) is 0 Å². The molecule has 0 saturated carbocycles. The van der Waals surface area contributed by atoms with Crippen molar-refractivity contribution in [1.82, 2.24) is 4.98 Å². The van der Waals surface area contributed by atoms with Crippen LogP contribution in [0.5, 0.6) is 0 Å². The molecular weight excluding hydrogens is 406 g/mol. The summed E-state index contributed by atoms with van der Waals surface area (Å²) >= 11 is 0. The standard InChI is InChI=1S/C29H29NOSi/c1-16-8-12-22-18(14-16)15-21-26(30-22)19-10-9-17(2)27-24(19)25-20(29(21,3)4)11-13-23(28(25)31-27)32(5,6)7/h8-15H,1-7H3. The third-order valence-electron chi connectivity index (χ3n) is 7.35. The van der Waals surface area contributed by atoms with Crippen molar-refractivity contribution in [2.24, 2.45) is 0 Å². The normalized spacial score (nSPS) is 15.0. The minimum atomic E-state index is -1.59. The van der Waals surface area contributed by atoms with Gasteiger partial charge in [-0.05, 0) is 53.9 Å². The average molecular weight is 436 g/mol. The molecule has 2 nitrogen and oxygen atoms in total. The van der Waals surface area contributed by atoms with Gasteiger partial charge in [-0.1, -0.05) is 69.4 Å². The van der Waals surface area contributed by atoms with Crippen LogP contribution in [0.25, 0.3) is 44.1 Å². The topological polar surface area (TPSA) is 26.0 Å². The summed E-state index contributed by atoms with van der Waals surface area (Å²) in [5, 5.41) is 5.14. The molecule has 5 aromatic rings. The van der Waals surface area contributed by atoms with Gasteiger partial charge < -0.3 is 4.42 Å². The molecule has 3 heteroatoms. The van der Waals surface area contributed by atoms with Crippen molar-refractivity contribution in [2.45, 2.75) is 52.8 Å². The van der Waals surface area contributed by atoms with E-state index in [-0.39, 0.29) is 5.41 Å². The number of aryl methyl sites for hydroxylation is 2. The minimum Gasteiger partial charge on any atom is -0.456 e. The lowest BCUT2D eigenvalue weighted by Crippen LogP contribution is -2.38. The summed E-state index contributed by atoms with van der Waals surface area (Å²) in [6.45, 7) is 16.2. The third kappa shape index (κ3) is 2.49. The second kappa shape index (κ2) is 6.11. The summed E-state index contributed by atoms with van der Waals surface area (Å²) in [4.78, 5) is 5.26. The van der Waals surface area contributed by atoms with Gasteiger partial charge in [-0.3, -0.25) is 0 Å². The van der Waals surface area contributed by atoms with Crippen molar-refractivity contribution in [3.05, 3.63) is 70.8 Å². The molecule has 0 saturated heterocycles. The smallest absolute Gasteiger partial charge is 0.139 e. The molecule has 3 aromatic carbocycles. The second-order valence-electron chi connectivity index (χ2n) is 11.1. The van der Waals surface area contributed by atoms with E-state index >= 15 is 0 Å². The summed E-state index contributed by atoms with van der Waals surface area (Å²) in [6.07, 6.45) is 0. The first-order chi connectivity index (χ1) is 15.1. The van der Waals surface area contributed by atoms with Crippen LogP contribution in [0.4, 0.5) is 0 Å².